The lowest BCUT2D eigenvalue weighted by Gasteiger charge is -2.32. The van der Waals surface area contributed by atoms with Gasteiger partial charge in [0, 0.05) is 29.8 Å². The van der Waals surface area contributed by atoms with Crippen LogP contribution in [0.2, 0.25) is 0 Å². The summed E-state index contributed by atoms with van der Waals surface area (Å²) >= 11 is 1.85. The van der Waals surface area contributed by atoms with Crippen LogP contribution in [0.3, 0.4) is 0 Å². The third-order valence-electron chi connectivity index (χ3n) is 4.21. The SMILES string of the molecule is C=CCOCC1CCN(C(=O)Cc2ccc(SC(C)C)cc2)CC1. The van der Waals surface area contributed by atoms with Crippen molar-refractivity contribution in [3.63, 3.8) is 0 Å². The number of piperidine rings is 1. The van der Waals surface area contributed by atoms with Crippen LogP contribution in [0.5, 0.6) is 0 Å². The molecule has 2 rings (SSSR count). The number of carbonyl (C=O) groups is 1. The summed E-state index contributed by atoms with van der Waals surface area (Å²) in [7, 11) is 0. The average Bonchev–Trinajstić information content (AvgIpc) is 2.57. The Balaban J connectivity index is 1.76. The Morgan fingerprint density at radius 2 is 2.00 bits per heavy atom. The van der Waals surface area contributed by atoms with Crippen LogP contribution in [-0.4, -0.2) is 42.4 Å². The maximum atomic E-state index is 12.5. The Morgan fingerprint density at radius 1 is 1.33 bits per heavy atom. The summed E-state index contributed by atoms with van der Waals surface area (Å²) < 4.78 is 5.53. The molecule has 1 heterocycles. The topological polar surface area (TPSA) is 29.5 Å². The Labute approximate surface area is 150 Å². The van der Waals surface area contributed by atoms with Crippen molar-refractivity contribution in [2.75, 3.05) is 26.3 Å². The molecule has 0 atom stereocenters. The summed E-state index contributed by atoms with van der Waals surface area (Å²) in [4.78, 5) is 15.7. The highest BCUT2D eigenvalue weighted by molar-refractivity contribution is 7.99. The first-order valence-corrected chi connectivity index (χ1v) is 9.68. The lowest BCUT2D eigenvalue weighted by molar-refractivity contribution is -0.132. The van der Waals surface area contributed by atoms with Crippen molar-refractivity contribution >= 4 is 17.7 Å². The molecule has 0 N–H and O–H groups in total. The van der Waals surface area contributed by atoms with Crippen LogP contribution in [0, 0.1) is 5.92 Å². The molecule has 0 bridgehead atoms. The van der Waals surface area contributed by atoms with Gasteiger partial charge in [-0.05, 0) is 36.5 Å². The van der Waals surface area contributed by atoms with Crippen LogP contribution in [0.4, 0.5) is 0 Å². The molecule has 0 unspecified atom stereocenters. The molecule has 1 aliphatic rings. The first-order chi connectivity index (χ1) is 11.6. The lowest BCUT2D eigenvalue weighted by Crippen LogP contribution is -2.40. The minimum absolute atomic E-state index is 0.240. The summed E-state index contributed by atoms with van der Waals surface area (Å²) in [5, 5.41) is 0.578. The number of hydrogen-bond donors (Lipinski definition) is 0. The molecular formula is C20H29NO2S. The Bertz CT molecular complexity index is 519. The van der Waals surface area contributed by atoms with Gasteiger partial charge in [-0.2, -0.15) is 0 Å². The molecule has 3 nitrogen and oxygen atoms in total. The van der Waals surface area contributed by atoms with Gasteiger partial charge in [-0.3, -0.25) is 4.79 Å². The fourth-order valence-corrected chi connectivity index (χ4v) is 3.75. The van der Waals surface area contributed by atoms with E-state index in [0.29, 0.717) is 24.2 Å². The molecule has 0 spiro atoms. The third-order valence-corrected chi connectivity index (χ3v) is 5.22. The van der Waals surface area contributed by atoms with Crippen LogP contribution in [0.15, 0.2) is 41.8 Å². The van der Waals surface area contributed by atoms with Crippen LogP contribution < -0.4 is 0 Å². The highest BCUT2D eigenvalue weighted by Crippen LogP contribution is 2.23. The lowest BCUT2D eigenvalue weighted by atomic mass is 9.97. The van der Waals surface area contributed by atoms with Crippen molar-refractivity contribution in [3.8, 4) is 0 Å². The quantitative estimate of drug-likeness (QED) is 0.401. The standard InChI is InChI=1S/C20H29NO2S/c1-4-13-23-15-18-9-11-21(12-10-18)20(22)14-17-5-7-19(8-6-17)24-16(2)3/h4-8,16,18H,1,9-15H2,2-3H3. The van der Waals surface area contributed by atoms with Crippen molar-refractivity contribution in [2.45, 2.75) is 43.3 Å². The molecule has 0 aromatic heterocycles. The van der Waals surface area contributed by atoms with Gasteiger partial charge in [-0.25, -0.2) is 0 Å². The summed E-state index contributed by atoms with van der Waals surface area (Å²) in [5.41, 5.74) is 1.10. The minimum atomic E-state index is 0.240. The Hall–Kier alpha value is -1.26. The Morgan fingerprint density at radius 3 is 2.58 bits per heavy atom. The predicted octanol–water partition coefficient (Wildman–Crippen LogP) is 4.17. The van der Waals surface area contributed by atoms with Crippen molar-refractivity contribution in [1.82, 2.24) is 4.90 Å². The molecular weight excluding hydrogens is 318 g/mol. The highest BCUT2D eigenvalue weighted by atomic mass is 32.2. The molecule has 0 saturated carbocycles. The first kappa shape index (κ1) is 19.1. The van der Waals surface area contributed by atoms with Crippen molar-refractivity contribution < 1.29 is 9.53 Å². The van der Waals surface area contributed by atoms with E-state index in [4.69, 9.17) is 4.74 Å². The minimum Gasteiger partial charge on any atom is -0.377 e. The number of hydrogen-bond acceptors (Lipinski definition) is 3. The average molecular weight is 348 g/mol. The van der Waals surface area contributed by atoms with Gasteiger partial charge in [0.15, 0.2) is 0 Å². The Kier molecular flexibility index (Phi) is 7.86. The monoisotopic (exact) mass is 347 g/mol. The van der Waals surface area contributed by atoms with E-state index in [-0.39, 0.29) is 5.91 Å². The summed E-state index contributed by atoms with van der Waals surface area (Å²) in [6, 6.07) is 8.41. The molecule has 0 radical (unpaired) electrons. The number of nitrogens with zero attached hydrogens (tertiary/aromatic N) is 1. The van der Waals surface area contributed by atoms with Crippen LogP contribution in [0.1, 0.15) is 32.3 Å². The zero-order chi connectivity index (χ0) is 17.4. The van der Waals surface area contributed by atoms with Gasteiger partial charge < -0.3 is 9.64 Å². The van der Waals surface area contributed by atoms with Crippen molar-refractivity contribution in [2.24, 2.45) is 5.92 Å². The number of rotatable bonds is 8. The molecule has 1 amide bonds. The van der Waals surface area contributed by atoms with E-state index in [1.54, 1.807) is 6.08 Å². The largest absolute Gasteiger partial charge is 0.377 e. The molecule has 1 aromatic rings. The van der Waals surface area contributed by atoms with Crippen molar-refractivity contribution in [1.29, 1.82) is 0 Å². The maximum absolute atomic E-state index is 12.5. The fraction of sp³-hybridized carbons (Fsp3) is 0.550. The smallest absolute Gasteiger partial charge is 0.226 e. The van der Waals surface area contributed by atoms with Crippen LogP contribution in [0.25, 0.3) is 0 Å². The van der Waals surface area contributed by atoms with E-state index >= 15 is 0 Å². The molecule has 1 aliphatic heterocycles. The van der Waals surface area contributed by atoms with E-state index in [2.05, 4.69) is 44.7 Å². The number of ether oxygens (including phenoxy) is 1. The van der Waals surface area contributed by atoms with Gasteiger partial charge in [0.2, 0.25) is 5.91 Å². The van der Waals surface area contributed by atoms with E-state index < -0.39 is 0 Å². The molecule has 24 heavy (non-hydrogen) atoms. The molecule has 1 aromatic carbocycles. The van der Waals surface area contributed by atoms with Gasteiger partial charge in [0.05, 0.1) is 13.0 Å². The maximum Gasteiger partial charge on any atom is 0.226 e. The number of likely N-dealkylation sites (tertiary alicyclic amines) is 1. The summed E-state index contributed by atoms with van der Waals surface area (Å²) in [5.74, 6) is 0.811. The van der Waals surface area contributed by atoms with E-state index in [1.165, 1.54) is 4.90 Å². The van der Waals surface area contributed by atoms with Crippen LogP contribution in [-0.2, 0) is 16.0 Å². The molecule has 1 fully saturated rings. The second-order valence-corrected chi connectivity index (χ2v) is 8.29. The van der Waals surface area contributed by atoms with Gasteiger partial charge in [0.1, 0.15) is 0 Å². The van der Waals surface area contributed by atoms with E-state index in [1.807, 2.05) is 16.7 Å². The normalized spacial score (nSPS) is 15.7. The zero-order valence-electron chi connectivity index (χ0n) is 14.9. The highest BCUT2D eigenvalue weighted by Gasteiger charge is 2.22. The number of thioether (sulfide) groups is 1. The number of amides is 1. The second-order valence-electron chi connectivity index (χ2n) is 6.64. The predicted molar refractivity (Wildman–Crippen MR) is 101 cm³/mol. The molecule has 132 valence electrons. The third kappa shape index (κ3) is 6.33. The summed E-state index contributed by atoms with van der Waals surface area (Å²) in [6.07, 6.45) is 4.35. The molecule has 4 heteroatoms. The number of carbonyl (C=O) groups excluding carboxylic acids is 1. The van der Waals surface area contributed by atoms with E-state index in [0.717, 1.165) is 38.1 Å². The second kappa shape index (κ2) is 9.90. The van der Waals surface area contributed by atoms with Gasteiger partial charge in [-0.1, -0.05) is 32.1 Å². The number of benzene rings is 1. The van der Waals surface area contributed by atoms with Gasteiger partial charge in [-0.15, -0.1) is 18.3 Å². The van der Waals surface area contributed by atoms with Gasteiger partial charge >= 0.3 is 0 Å². The van der Waals surface area contributed by atoms with Crippen LogP contribution >= 0.6 is 11.8 Å². The van der Waals surface area contributed by atoms with Crippen molar-refractivity contribution in [3.05, 3.63) is 42.5 Å². The first-order valence-electron chi connectivity index (χ1n) is 8.80. The van der Waals surface area contributed by atoms with E-state index in [9.17, 15) is 4.79 Å². The molecule has 1 saturated heterocycles. The molecule has 0 aliphatic carbocycles. The van der Waals surface area contributed by atoms with Gasteiger partial charge in [0.25, 0.3) is 0 Å². The fourth-order valence-electron chi connectivity index (χ4n) is 2.91. The summed E-state index contributed by atoms with van der Waals surface area (Å²) in [6.45, 7) is 11.1. The zero-order valence-corrected chi connectivity index (χ0v) is 15.7.